The van der Waals surface area contributed by atoms with Gasteiger partial charge in [-0.2, -0.15) is 13.2 Å². The highest BCUT2D eigenvalue weighted by Gasteiger charge is 2.33. The summed E-state index contributed by atoms with van der Waals surface area (Å²) in [6.07, 6.45) is -1.30. The van der Waals surface area contributed by atoms with E-state index in [1.54, 1.807) is 0 Å². The van der Waals surface area contributed by atoms with Crippen molar-refractivity contribution in [1.29, 1.82) is 0 Å². The van der Waals surface area contributed by atoms with Crippen LogP contribution in [0.4, 0.5) is 24.5 Å². The number of anilines is 2. The van der Waals surface area contributed by atoms with Crippen LogP contribution in [0.5, 0.6) is 0 Å². The molecule has 0 heterocycles. The van der Waals surface area contributed by atoms with Gasteiger partial charge >= 0.3 is 12.1 Å². The molecule has 0 saturated carbocycles. The number of carboxylic acids is 1. The maximum atomic E-state index is 12.8. The number of alkyl halides is 3. The van der Waals surface area contributed by atoms with Crippen molar-refractivity contribution in [2.75, 3.05) is 17.6 Å². The number of aryl methyl sites for hydroxylation is 1. The first-order valence-corrected chi connectivity index (χ1v) is 7.15. The predicted molar refractivity (Wildman–Crippen MR) is 79.8 cm³/mol. The molecule has 0 bridgehead atoms. The van der Waals surface area contributed by atoms with Gasteiger partial charge in [0.15, 0.2) is 0 Å². The van der Waals surface area contributed by atoms with E-state index in [9.17, 15) is 18.0 Å². The van der Waals surface area contributed by atoms with Crippen LogP contribution in [0.2, 0.25) is 0 Å². The van der Waals surface area contributed by atoms with Crippen molar-refractivity contribution in [1.82, 2.24) is 0 Å². The zero-order valence-corrected chi connectivity index (χ0v) is 12.5. The fourth-order valence-corrected chi connectivity index (χ4v) is 2.17. The molecule has 1 aromatic rings. The zero-order valence-electron chi connectivity index (χ0n) is 12.5. The van der Waals surface area contributed by atoms with Crippen molar-refractivity contribution >= 4 is 17.3 Å². The summed E-state index contributed by atoms with van der Waals surface area (Å²) in [5.74, 6) is -0.815. The number of aliphatic carboxylic acids is 1. The molecule has 0 amide bonds. The average molecular weight is 318 g/mol. The average Bonchev–Trinajstić information content (AvgIpc) is 2.37. The largest absolute Gasteiger partial charge is 0.481 e. The quantitative estimate of drug-likeness (QED) is 0.499. The molecule has 22 heavy (non-hydrogen) atoms. The molecule has 0 saturated heterocycles. The van der Waals surface area contributed by atoms with Crippen LogP contribution in [-0.2, 0) is 11.0 Å². The second-order valence-electron chi connectivity index (χ2n) is 5.24. The molecule has 1 rings (SSSR count). The second-order valence-corrected chi connectivity index (χ2v) is 5.24. The maximum absolute atomic E-state index is 12.8. The minimum absolute atomic E-state index is 0.101. The number of carbonyl (C=O) groups is 1. The van der Waals surface area contributed by atoms with Gasteiger partial charge in [-0.25, -0.2) is 0 Å². The molecule has 4 nitrogen and oxygen atoms in total. The smallest absolute Gasteiger partial charge is 0.416 e. The van der Waals surface area contributed by atoms with E-state index in [0.717, 1.165) is 25.3 Å². The molecule has 0 aliphatic rings. The van der Waals surface area contributed by atoms with Gasteiger partial charge in [-0.05, 0) is 37.5 Å². The lowest BCUT2D eigenvalue weighted by molar-refractivity contribution is -0.138. The highest BCUT2D eigenvalue weighted by Crippen LogP contribution is 2.35. The summed E-state index contributed by atoms with van der Waals surface area (Å²) in [5, 5.41) is 11.4. The van der Waals surface area contributed by atoms with Gasteiger partial charge in [-0.1, -0.05) is 12.8 Å². The number of carboxylic acid groups (broad SMARTS) is 1. The zero-order chi connectivity index (χ0) is 16.8. The molecule has 4 N–H and O–H groups in total. The van der Waals surface area contributed by atoms with Gasteiger partial charge < -0.3 is 16.2 Å². The van der Waals surface area contributed by atoms with E-state index < -0.39 is 17.7 Å². The normalized spacial score (nSPS) is 11.5. The maximum Gasteiger partial charge on any atom is 0.416 e. The molecule has 0 spiro atoms. The minimum Gasteiger partial charge on any atom is -0.481 e. The SMILES string of the molecule is Cc1cc(N)c(NCCCCCCC(=O)O)cc1C(F)(F)F. The number of unbranched alkanes of at least 4 members (excludes halogenated alkanes) is 3. The van der Waals surface area contributed by atoms with Crippen LogP contribution < -0.4 is 11.1 Å². The van der Waals surface area contributed by atoms with Crippen LogP contribution in [0, 0.1) is 6.92 Å². The van der Waals surface area contributed by atoms with Gasteiger partial charge in [0.25, 0.3) is 0 Å². The number of hydrogen-bond donors (Lipinski definition) is 3. The Morgan fingerprint density at radius 2 is 1.86 bits per heavy atom. The summed E-state index contributed by atoms with van der Waals surface area (Å²) in [6.45, 7) is 1.88. The first-order valence-electron chi connectivity index (χ1n) is 7.15. The third-order valence-corrected chi connectivity index (χ3v) is 3.33. The van der Waals surface area contributed by atoms with Crippen molar-refractivity contribution in [2.45, 2.75) is 45.2 Å². The highest BCUT2D eigenvalue weighted by atomic mass is 19.4. The summed E-state index contributed by atoms with van der Waals surface area (Å²) in [7, 11) is 0. The Morgan fingerprint density at radius 1 is 1.23 bits per heavy atom. The van der Waals surface area contributed by atoms with Crippen molar-refractivity contribution < 1.29 is 23.1 Å². The molecular weight excluding hydrogens is 297 g/mol. The van der Waals surface area contributed by atoms with E-state index in [4.69, 9.17) is 10.8 Å². The molecule has 0 radical (unpaired) electrons. The molecule has 1 aromatic carbocycles. The van der Waals surface area contributed by atoms with Crippen LogP contribution in [0.25, 0.3) is 0 Å². The van der Waals surface area contributed by atoms with Crippen LogP contribution >= 0.6 is 0 Å². The van der Waals surface area contributed by atoms with E-state index >= 15 is 0 Å². The lowest BCUT2D eigenvalue weighted by Crippen LogP contribution is -2.11. The van der Waals surface area contributed by atoms with Gasteiger partial charge in [0, 0.05) is 13.0 Å². The van der Waals surface area contributed by atoms with Crippen LogP contribution in [0.1, 0.15) is 43.2 Å². The fourth-order valence-electron chi connectivity index (χ4n) is 2.17. The molecule has 124 valence electrons. The summed E-state index contributed by atoms with van der Waals surface area (Å²) >= 11 is 0. The van der Waals surface area contributed by atoms with Gasteiger partial charge in [0.1, 0.15) is 0 Å². The molecule has 0 aromatic heterocycles. The Balaban J connectivity index is 2.47. The van der Waals surface area contributed by atoms with E-state index in [-0.39, 0.29) is 23.4 Å². The molecular formula is C15H21F3N2O2. The second kappa shape index (κ2) is 7.91. The molecule has 0 fully saturated rings. The topological polar surface area (TPSA) is 75.3 Å². The number of benzene rings is 1. The van der Waals surface area contributed by atoms with Gasteiger partial charge in [0.05, 0.1) is 16.9 Å². The van der Waals surface area contributed by atoms with E-state index in [2.05, 4.69) is 5.32 Å². The number of halogens is 3. The Bertz CT molecular complexity index is 516. The number of nitrogens with one attached hydrogen (secondary N) is 1. The number of rotatable bonds is 8. The van der Waals surface area contributed by atoms with Gasteiger partial charge in [-0.15, -0.1) is 0 Å². The summed E-state index contributed by atoms with van der Waals surface area (Å²) in [4.78, 5) is 10.3. The number of hydrogen-bond acceptors (Lipinski definition) is 3. The lowest BCUT2D eigenvalue weighted by Gasteiger charge is -2.15. The third-order valence-electron chi connectivity index (χ3n) is 3.33. The summed E-state index contributed by atoms with van der Waals surface area (Å²) < 4.78 is 38.5. The van der Waals surface area contributed by atoms with E-state index in [0.29, 0.717) is 13.0 Å². The first kappa shape index (κ1) is 18.1. The minimum atomic E-state index is -4.40. The third kappa shape index (κ3) is 5.83. The first-order chi connectivity index (χ1) is 10.2. The molecule has 7 heteroatoms. The van der Waals surface area contributed by atoms with Gasteiger partial charge in [-0.3, -0.25) is 4.79 Å². The molecule has 0 atom stereocenters. The Morgan fingerprint density at radius 3 is 2.45 bits per heavy atom. The van der Waals surface area contributed by atoms with Gasteiger partial charge in [0.2, 0.25) is 0 Å². The van der Waals surface area contributed by atoms with Crippen LogP contribution in [0.15, 0.2) is 12.1 Å². The van der Waals surface area contributed by atoms with E-state index in [1.165, 1.54) is 13.0 Å². The van der Waals surface area contributed by atoms with E-state index in [1.807, 2.05) is 0 Å². The summed E-state index contributed by atoms with van der Waals surface area (Å²) in [5.41, 5.74) is 5.72. The predicted octanol–water partition coefficient (Wildman–Crippen LogP) is 4.04. The number of nitrogen functional groups attached to an aromatic ring is 1. The van der Waals surface area contributed by atoms with Crippen LogP contribution in [-0.4, -0.2) is 17.6 Å². The molecule has 0 unspecified atom stereocenters. The monoisotopic (exact) mass is 318 g/mol. The fraction of sp³-hybridized carbons (Fsp3) is 0.533. The Hall–Kier alpha value is -1.92. The van der Waals surface area contributed by atoms with Crippen molar-refractivity contribution in [3.63, 3.8) is 0 Å². The Labute approximate surface area is 127 Å². The lowest BCUT2D eigenvalue weighted by atomic mass is 10.1. The standard InChI is InChI=1S/C15H21F3N2O2/c1-10-8-12(19)13(9-11(10)15(16,17)18)20-7-5-3-2-4-6-14(21)22/h8-9,20H,2-7,19H2,1H3,(H,21,22). The number of nitrogens with two attached hydrogens (primary N) is 1. The molecule has 0 aliphatic carbocycles. The Kier molecular flexibility index (Phi) is 6.52. The summed E-state index contributed by atoms with van der Waals surface area (Å²) in [6, 6.07) is 2.35. The molecule has 0 aliphatic heterocycles. The van der Waals surface area contributed by atoms with Crippen molar-refractivity contribution in [3.8, 4) is 0 Å². The van der Waals surface area contributed by atoms with Crippen molar-refractivity contribution in [3.05, 3.63) is 23.3 Å². The van der Waals surface area contributed by atoms with Crippen molar-refractivity contribution in [2.24, 2.45) is 0 Å². The highest BCUT2D eigenvalue weighted by molar-refractivity contribution is 5.69. The van der Waals surface area contributed by atoms with Crippen LogP contribution in [0.3, 0.4) is 0 Å².